The number of hydrogen-bond acceptors (Lipinski definition) is 5. The summed E-state index contributed by atoms with van der Waals surface area (Å²) in [5.41, 5.74) is 0. The molecule has 0 unspecified atom stereocenters. The SMILES string of the molecule is CCNC(=NCc1ccc(S(N)(=O)=O)s1)NCCCOc1ccc2ccccc2c1. The molecule has 3 rings (SSSR count). The van der Waals surface area contributed by atoms with E-state index in [1.54, 1.807) is 6.07 Å². The van der Waals surface area contributed by atoms with Crippen molar-refractivity contribution in [3.63, 3.8) is 0 Å². The molecule has 0 spiro atoms. The van der Waals surface area contributed by atoms with Gasteiger partial charge in [0.25, 0.3) is 0 Å². The highest BCUT2D eigenvalue weighted by Gasteiger charge is 2.11. The highest BCUT2D eigenvalue weighted by molar-refractivity contribution is 7.91. The molecule has 0 aliphatic carbocycles. The van der Waals surface area contributed by atoms with E-state index in [0.717, 1.165) is 40.3 Å². The number of primary sulfonamides is 1. The molecule has 30 heavy (non-hydrogen) atoms. The molecule has 0 saturated carbocycles. The lowest BCUT2D eigenvalue weighted by atomic mass is 10.1. The Balaban J connectivity index is 1.45. The Morgan fingerprint density at radius 2 is 1.90 bits per heavy atom. The maximum Gasteiger partial charge on any atom is 0.247 e. The first-order valence-electron chi connectivity index (χ1n) is 9.71. The van der Waals surface area contributed by atoms with Gasteiger partial charge in [0.15, 0.2) is 5.96 Å². The van der Waals surface area contributed by atoms with E-state index < -0.39 is 10.0 Å². The molecule has 0 aliphatic rings. The summed E-state index contributed by atoms with van der Waals surface area (Å²) in [6, 6.07) is 17.5. The van der Waals surface area contributed by atoms with Crippen LogP contribution in [0.15, 0.2) is 63.8 Å². The third kappa shape index (κ3) is 6.45. The number of nitrogens with one attached hydrogen (secondary N) is 2. The number of hydrogen-bond donors (Lipinski definition) is 3. The van der Waals surface area contributed by atoms with Crippen LogP contribution in [-0.2, 0) is 16.6 Å². The highest BCUT2D eigenvalue weighted by atomic mass is 32.2. The van der Waals surface area contributed by atoms with E-state index in [0.29, 0.717) is 25.7 Å². The lowest BCUT2D eigenvalue weighted by molar-refractivity contribution is 0.311. The number of rotatable bonds is 9. The molecular formula is C21H26N4O3S2. The predicted molar refractivity (Wildman–Crippen MR) is 123 cm³/mol. The second-order valence-corrected chi connectivity index (χ2v) is 9.56. The average Bonchev–Trinajstić information content (AvgIpc) is 3.21. The summed E-state index contributed by atoms with van der Waals surface area (Å²) in [6.07, 6.45) is 0.811. The number of thiophene rings is 1. The van der Waals surface area contributed by atoms with Crippen molar-refractivity contribution < 1.29 is 13.2 Å². The average molecular weight is 447 g/mol. The lowest BCUT2D eigenvalue weighted by Crippen LogP contribution is -2.38. The van der Waals surface area contributed by atoms with E-state index in [9.17, 15) is 8.42 Å². The molecule has 0 radical (unpaired) electrons. The molecule has 1 aromatic heterocycles. The molecule has 4 N–H and O–H groups in total. The number of aliphatic imine (C=N–C) groups is 1. The standard InChI is InChI=1S/C21H26N4O3S2/c1-2-23-21(25-15-19-10-11-20(29-19)30(22,26)27)24-12-5-13-28-18-9-8-16-6-3-4-7-17(16)14-18/h3-4,6-11,14H,2,5,12-13,15H2,1H3,(H2,22,26,27)(H2,23,24,25). The second-order valence-electron chi connectivity index (χ2n) is 6.60. The lowest BCUT2D eigenvalue weighted by Gasteiger charge is -2.12. The van der Waals surface area contributed by atoms with E-state index in [-0.39, 0.29) is 4.21 Å². The maximum atomic E-state index is 11.4. The number of benzene rings is 2. The van der Waals surface area contributed by atoms with Gasteiger partial charge in [0.05, 0.1) is 13.2 Å². The van der Waals surface area contributed by atoms with Gasteiger partial charge in [0.2, 0.25) is 10.0 Å². The van der Waals surface area contributed by atoms with Gasteiger partial charge < -0.3 is 15.4 Å². The summed E-state index contributed by atoms with van der Waals surface area (Å²) in [6.45, 7) is 4.39. The van der Waals surface area contributed by atoms with Crippen LogP contribution in [-0.4, -0.2) is 34.1 Å². The number of ether oxygens (including phenoxy) is 1. The Morgan fingerprint density at radius 1 is 1.10 bits per heavy atom. The van der Waals surface area contributed by atoms with Crippen LogP contribution in [0, 0.1) is 0 Å². The van der Waals surface area contributed by atoms with E-state index in [1.807, 2.05) is 31.2 Å². The fourth-order valence-corrected chi connectivity index (χ4v) is 4.52. The monoisotopic (exact) mass is 446 g/mol. The minimum absolute atomic E-state index is 0.150. The van der Waals surface area contributed by atoms with Crippen molar-refractivity contribution in [3.05, 3.63) is 59.5 Å². The van der Waals surface area contributed by atoms with E-state index in [1.165, 1.54) is 11.5 Å². The number of nitrogens with zero attached hydrogens (tertiary/aromatic N) is 1. The van der Waals surface area contributed by atoms with Crippen LogP contribution < -0.4 is 20.5 Å². The fourth-order valence-electron chi connectivity index (χ4n) is 2.82. The first-order chi connectivity index (χ1) is 14.5. The Kier molecular flexibility index (Phi) is 7.67. The van der Waals surface area contributed by atoms with Crippen molar-refractivity contribution in [2.45, 2.75) is 24.1 Å². The zero-order valence-electron chi connectivity index (χ0n) is 16.8. The van der Waals surface area contributed by atoms with Crippen molar-refractivity contribution in [2.24, 2.45) is 10.1 Å². The number of guanidine groups is 1. The molecule has 0 fully saturated rings. The van der Waals surface area contributed by atoms with Gasteiger partial charge in [0.1, 0.15) is 9.96 Å². The first-order valence-corrected chi connectivity index (χ1v) is 12.1. The number of sulfonamides is 1. The molecule has 0 bridgehead atoms. The number of nitrogens with two attached hydrogens (primary N) is 1. The van der Waals surface area contributed by atoms with Crippen molar-refractivity contribution in [3.8, 4) is 5.75 Å². The smallest absolute Gasteiger partial charge is 0.247 e. The van der Waals surface area contributed by atoms with Gasteiger partial charge in [-0.25, -0.2) is 18.5 Å². The Hall–Kier alpha value is -2.62. The van der Waals surface area contributed by atoms with Crippen LogP contribution in [0.3, 0.4) is 0 Å². The minimum atomic E-state index is -3.66. The van der Waals surface area contributed by atoms with Gasteiger partial charge in [-0.3, -0.25) is 0 Å². The fraction of sp³-hybridized carbons (Fsp3) is 0.286. The van der Waals surface area contributed by atoms with Crippen LogP contribution in [0.2, 0.25) is 0 Å². The van der Waals surface area contributed by atoms with E-state index in [4.69, 9.17) is 9.88 Å². The van der Waals surface area contributed by atoms with Gasteiger partial charge in [-0.15, -0.1) is 11.3 Å². The molecule has 2 aromatic carbocycles. The summed E-state index contributed by atoms with van der Waals surface area (Å²) in [4.78, 5) is 5.33. The normalized spacial score (nSPS) is 12.1. The predicted octanol–water partition coefficient (Wildman–Crippen LogP) is 3.07. The van der Waals surface area contributed by atoms with Crippen molar-refractivity contribution in [1.82, 2.24) is 10.6 Å². The van der Waals surface area contributed by atoms with E-state index >= 15 is 0 Å². The van der Waals surface area contributed by atoms with Crippen LogP contribution in [0.25, 0.3) is 10.8 Å². The first kappa shape index (κ1) is 22.1. The molecule has 160 valence electrons. The third-order valence-electron chi connectivity index (χ3n) is 4.26. The van der Waals surface area contributed by atoms with Crippen molar-refractivity contribution in [1.29, 1.82) is 0 Å². The topological polar surface area (TPSA) is 106 Å². The summed E-state index contributed by atoms with van der Waals surface area (Å²) < 4.78 is 28.7. The zero-order chi connectivity index (χ0) is 21.4. The molecule has 3 aromatic rings. The minimum Gasteiger partial charge on any atom is -0.494 e. The molecule has 7 nitrogen and oxygen atoms in total. The maximum absolute atomic E-state index is 11.4. The Bertz CT molecular complexity index is 1110. The van der Waals surface area contributed by atoms with E-state index in [2.05, 4.69) is 33.8 Å². The summed E-state index contributed by atoms with van der Waals surface area (Å²) in [5, 5.41) is 13.9. The molecular weight excluding hydrogens is 420 g/mol. The van der Waals surface area contributed by atoms with Gasteiger partial charge in [0, 0.05) is 18.0 Å². The quantitative estimate of drug-likeness (QED) is 0.266. The van der Waals surface area contributed by atoms with Gasteiger partial charge in [-0.2, -0.15) is 0 Å². The Labute approximate surface area is 181 Å². The van der Waals surface area contributed by atoms with Crippen LogP contribution in [0.1, 0.15) is 18.2 Å². The summed E-state index contributed by atoms with van der Waals surface area (Å²) >= 11 is 1.13. The summed E-state index contributed by atoms with van der Waals surface area (Å²) in [5.74, 6) is 1.53. The molecule has 1 heterocycles. The Morgan fingerprint density at radius 3 is 2.63 bits per heavy atom. The van der Waals surface area contributed by atoms with Crippen LogP contribution in [0.5, 0.6) is 5.75 Å². The molecule has 0 amide bonds. The van der Waals surface area contributed by atoms with Crippen molar-refractivity contribution in [2.75, 3.05) is 19.7 Å². The molecule has 0 saturated heterocycles. The third-order valence-corrected chi connectivity index (χ3v) is 6.77. The zero-order valence-corrected chi connectivity index (χ0v) is 18.4. The van der Waals surface area contributed by atoms with Crippen LogP contribution in [0.4, 0.5) is 0 Å². The summed E-state index contributed by atoms with van der Waals surface area (Å²) in [7, 11) is -3.66. The largest absolute Gasteiger partial charge is 0.494 e. The molecule has 0 aliphatic heterocycles. The second kappa shape index (κ2) is 10.4. The highest BCUT2D eigenvalue weighted by Crippen LogP contribution is 2.21. The molecule has 0 atom stereocenters. The van der Waals surface area contributed by atoms with Gasteiger partial charge >= 0.3 is 0 Å². The molecule has 9 heteroatoms. The van der Waals surface area contributed by atoms with Gasteiger partial charge in [-0.1, -0.05) is 30.3 Å². The van der Waals surface area contributed by atoms with Gasteiger partial charge in [-0.05, 0) is 48.4 Å². The van der Waals surface area contributed by atoms with Crippen molar-refractivity contribution >= 4 is 38.1 Å². The van der Waals surface area contributed by atoms with Crippen LogP contribution >= 0.6 is 11.3 Å². The number of fused-ring (bicyclic) bond motifs is 1.